The topological polar surface area (TPSA) is 75.4 Å². The monoisotopic (exact) mass is 242 g/mol. The van der Waals surface area contributed by atoms with Crippen LogP contribution in [0, 0.1) is 21.8 Å². The van der Waals surface area contributed by atoms with Gasteiger partial charge in [0.2, 0.25) is 0 Å². The smallest absolute Gasteiger partial charge is 0.272 e. The van der Waals surface area contributed by atoms with E-state index < -0.39 is 10.7 Å². The number of aliphatic hydroxyl groups is 1. The molecule has 0 aromatic heterocycles. The number of rotatable bonds is 5. The lowest BCUT2D eigenvalue weighted by Crippen LogP contribution is -2.26. The lowest BCUT2D eigenvalue weighted by molar-refractivity contribution is -0.385. The minimum absolute atomic E-state index is 0.0111. The normalized spacial score (nSPS) is 14.1. The van der Waals surface area contributed by atoms with Crippen LogP contribution in [0.15, 0.2) is 18.2 Å². The number of nitro groups is 1. The van der Waals surface area contributed by atoms with Crippen molar-refractivity contribution >= 4 is 11.4 Å². The molecule has 0 aliphatic heterocycles. The van der Waals surface area contributed by atoms with E-state index in [0.717, 1.165) is 6.07 Å². The van der Waals surface area contributed by atoms with Gasteiger partial charge in [0.15, 0.2) is 5.82 Å². The molecule has 0 saturated carbocycles. The van der Waals surface area contributed by atoms with Crippen molar-refractivity contribution in [1.29, 1.82) is 0 Å². The number of hydrogen-bond acceptors (Lipinski definition) is 4. The number of hydrogen-bond donors (Lipinski definition) is 2. The lowest BCUT2D eigenvalue weighted by Gasteiger charge is -2.20. The summed E-state index contributed by atoms with van der Waals surface area (Å²) in [5, 5.41) is 22.2. The fraction of sp³-hybridized carbons (Fsp3) is 0.455. The predicted molar refractivity (Wildman–Crippen MR) is 62.4 cm³/mol. The van der Waals surface area contributed by atoms with E-state index in [1.165, 1.54) is 12.1 Å². The number of nitro benzene ring substituents is 1. The Balaban J connectivity index is 2.82. The predicted octanol–water partition coefficient (Wildman–Crippen LogP) is 2.16. The summed E-state index contributed by atoms with van der Waals surface area (Å²) in [5.74, 6) is -0.708. The Bertz CT molecular complexity index is 412. The number of aliphatic hydroxyl groups excluding tert-OH is 1. The molecule has 0 amide bonds. The minimum Gasteiger partial charge on any atom is -0.396 e. The Morgan fingerprint density at radius 1 is 1.53 bits per heavy atom. The second kappa shape index (κ2) is 5.58. The van der Waals surface area contributed by atoms with Crippen LogP contribution in [0.25, 0.3) is 0 Å². The van der Waals surface area contributed by atoms with Gasteiger partial charge in [-0.1, -0.05) is 6.92 Å². The second-order valence-electron chi connectivity index (χ2n) is 4.01. The summed E-state index contributed by atoms with van der Waals surface area (Å²) in [6.45, 7) is 3.62. The van der Waals surface area contributed by atoms with E-state index >= 15 is 0 Å². The summed E-state index contributed by atoms with van der Waals surface area (Å²) in [6, 6.07) is 3.31. The Labute approximate surface area is 98.4 Å². The molecule has 0 aliphatic rings. The molecule has 94 valence electrons. The van der Waals surface area contributed by atoms with E-state index in [2.05, 4.69) is 5.32 Å². The van der Waals surface area contributed by atoms with Crippen LogP contribution in [0.4, 0.5) is 15.8 Å². The maximum atomic E-state index is 13.5. The molecule has 5 nitrogen and oxygen atoms in total. The Hall–Kier alpha value is -1.69. The number of halogens is 1. The van der Waals surface area contributed by atoms with Gasteiger partial charge in [0, 0.05) is 18.7 Å². The zero-order valence-corrected chi connectivity index (χ0v) is 9.68. The largest absolute Gasteiger partial charge is 0.396 e. The molecule has 0 heterocycles. The third-order valence-corrected chi connectivity index (χ3v) is 2.69. The molecule has 0 spiro atoms. The first-order valence-corrected chi connectivity index (χ1v) is 5.27. The Morgan fingerprint density at radius 2 is 2.18 bits per heavy atom. The first-order valence-electron chi connectivity index (χ1n) is 5.27. The van der Waals surface area contributed by atoms with Gasteiger partial charge >= 0.3 is 0 Å². The standard InChI is InChI=1S/C11H15FN2O3/c1-7(6-15)8(2)13-11-4-3-9(14(16)17)5-10(11)12/h3-5,7-8,13,15H,6H2,1-2H3. The summed E-state index contributed by atoms with van der Waals surface area (Å²) in [7, 11) is 0. The summed E-state index contributed by atoms with van der Waals surface area (Å²) in [4.78, 5) is 9.78. The van der Waals surface area contributed by atoms with Gasteiger partial charge < -0.3 is 10.4 Å². The van der Waals surface area contributed by atoms with E-state index in [1.54, 1.807) is 0 Å². The van der Waals surface area contributed by atoms with Crippen LogP contribution in [-0.2, 0) is 0 Å². The van der Waals surface area contributed by atoms with Gasteiger partial charge in [0.05, 0.1) is 16.7 Å². The second-order valence-corrected chi connectivity index (χ2v) is 4.01. The molecule has 2 atom stereocenters. The molecule has 0 radical (unpaired) electrons. The third kappa shape index (κ3) is 3.39. The average molecular weight is 242 g/mol. The van der Waals surface area contributed by atoms with Gasteiger partial charge in [-0.05, 0) is 18.9 Å². The summed E-state index contributed by atoms with van der Waals surface area (Å²) < 4.78 is 13.5. The first-order chi connectivity index (χ1) is 7.95. The van der Waals surface area contributed by atoms with E-state index in [9.17, 15) is 14.5 Å². The quantitative estimate of drug-likeness (QED) is 0.612. The van der Waals surface area contributed by atoms with Gasteiger partial charge in [0.25, 0.3) is 5.69 Å². The van der Waals surface area contributed by atoms with Crippen LogP contribution in [0.5, 0.6) is 0 Å². The molecule has 0 saturated heterocycles. The third-order valence-electron chi connectivity index (χ3n) is 2.69. The molecule has 0 bridgehead atoms. The number of non-ortho nitro benzene ring substituents is 1. The van der Waals surface area contributed by atoms with E-state index in [1.807, 2.05) is 13.8 Å². The van der Waals surface area contributed by atoms with Crippen molar-refractivity contribution in [2.75, 3.05) is 11.9 Å². The highest BCUT2D eigenvalue weighted by molar-refractivity contribution is 5.50. The fourth-order valence-electron chi connectivity index (χ4n) is 1.28. The minimum atomic E-state index is -0.670. The van der Waals surface area contributed by atoms with Crippen LogP contribution >= 0.6 is 0 Å². The zero-order valence-electron chi connectivity index (χ0n) is 9.68. The number of nitrogens with one attached hydrogen (secondary N) is 1. The lowest BCUT2D eigenvalue weighted by atomic mass is 10.0. The molecule has 1 aromatic rings. The van der Waals surface area contributed by atoms with Crippen LogP contribution in [0.1, 0.15) is 13.8 Å². The summed E-state index contributed by atoms with van der Waals surface area (Å²) >= 11 is 0. The molecule has 0 aliphatic carbocycles. The molecule has 6 heteroatoms. The van der Waals surface area contributed by atoms with Crippen LogP contribution < -0.4 is 5.32 Å². The summed E-state index contributed by atoms with van der Waals surface area (Å²) in [5.41, 5.74) is -0.0840. The molecular weight excluding hydrogens is 227 g/mol. The average Bonchev–Trinajstić information content (AvgIpc) is 2.30. The van der Waals surface area contributed by atoms with Crippen molar-refractivity contribution < 1.29 is 14.4 Å². The van der Waals surface area contributed by atoms with Crippen LogP contribution in [0.3, 0.4) is 0 Å². The van der Waals surface area contributed by atoms with Gasteiger partial charge in [-0.3, -0.25) is 10.1 Å². The highest BCUT2D eigenvalue weighted by Gasteiger charge is 2.15. The van der Waals surface area contributed by atoms with Crippen molar-refractivity contribution in [3.63, 3.8) is 0 Å². The molecule has 2 N–H and O–H groups in total. The van der Waals surface area contributed by atoms with Crippen molar-refractivity contribution in [3.8, 4) is 0 Å². The van der Waals surface area contributed by atoms with Crippen molar-refractivity contribution in [3.05, 3.63) is 34.1 Å². The summed E-state index contributed by atoms with van der Waals surface area (Å²) in [6.07, 6.45) is 0. The Kier molecular flexibility index (Phi) is 4.39. The van der Waals surface area contributed by atoms with Gasteiger partial charge in [0.1, 0.15) is 0 Å². The SMILES string of the molecule is CC(CO)C(C)Nc1ccc([N+](=O)[O-])cc1F. The molecular formula is C11H15FN2O3. The highest BCUT2D eigenvalue weighted by atomic mass is 19.1. The molecule has 0 fully saturated rings. The van der Waals surface area contributed by atoms with Crippen molar-refractivity contribution in [1.82, 2.24) is 0 Å². The Morgan fingerprint density at radius 3 is 2.65 bits per heavy atom. The van der Waals surface area contributed by atoms with Crippen molar-refractivity contribution in [2.24, 2.45) is 5.92 Å². The van der Waals surface area contributed by atoms with E-state index in [0.29, 0.717) is 0 Å². The maximum Gasteiger partial charge on any atom is 0.272 e. The van der Waals surface area contributed by atoms with E-state index in [-0.39, 0.29) is 29.9 Å². The molecule has 17 heavy (non-hydrogen) atoms. The van der Waals surface area contributed by atoms with Crippen molar-refractivity contribution in [2.45, 2.75) is 19.9 Å². The number of anilines is 1. The molecule has 1 rings (SSSR count). The van der Waals surface area contributed by atoms with Gasteiger partial charge in [-0.15, -0.1) is 0 Å². The number of nitrogens with zero attached hydrogens (tertiary/aromatic N) is 1. The molecule has 1 aromatic carbocycles. The van der Waals surface area contributed by atoms with E-state index in [4.69, 9.17) is 5.11 Å². The van der Waals surface area contributed by atoms with Crippen LogP contribution in [0.2, 0.25) is 0 Å². The highest BCUT2D eigenvalue weighted by Crippen LogP contribution is 2.22. The zero-order chi connectivity index (χ0) is 13.0. The van der Waals surface area contributed by atoms with Gasteiger partial charge in [-0.2, -0.15) is 0 Å². The number of benzene rings is 1. The molecule has 2 unspecified atom stereocenters. The fourth-order valence-corrected chi connectivity index (χ4v) is 1.28. The maximum absolute atomic E-state index is 13.5. The van der Waals surface area contributed by atoms with Crippen LogP contribution in [-0.4, -0.2) is 22.7 Å². The van der Waals surface area contributed by atoms with Gasteiger partial charge in [-0.25, -0.2) is 4.39 Å². The first kappa shape index (κ1) is 13.4.